The fourth-order valence-electron chi connectivity index (χ4n) is 3.40. The van der Waals surface area contributed by atoms with E-state index in [-0.39, 0.29) is 5.91 Å². The van der Waals surface area contributed by atoms with Gasteiger partial charge in [0.15, 0.2) is 5.76 Å². The number of amides is 1. The first-order valence-electron chi connectivity index (χ1n) is 9.89. The van der Waals surface area contributed by atoms with Crippen LogP contribution in [0.2, 0.25) is 0 Å². The third kappa shape index (κ3) is 5.82. The number of carbonyl (C=O) groups excluding carboxylic acids is 1. The van der Waals surface area contributed by atoms with E-state index in [1.807, 2.05) is 6.07 Å². The summed E-state index contributed by atoms with van der Waals surface area (Å²) in [7, 11) is 0. The average Bonchev–Trinajstić information content (AvgIpc) is 3.13. The first kappa shape index (κ1) is 19.4. The first-order valence-corrected chi connectivity index (χ1v) is 9.89. The lowest BCUT2D eigenvalue weighted by Crippen LogP contribution is -2.47. The monoisotopic (exact) mass is 370 g/mol. The largest absolute Gasteiger partial charge is 0.369 e. The second-order valence-electron chi connectivity index (χ2n) is 7.23. The Bertz CT molecular complexity index is 735. The molecule has 0 bridgehead atoms. The van der Waals surface area contributed by atoms with E-state index in [4.69, 9.17) is 4.52 Å². The van der Waals surface area contributed by atoms with Crippen LogP contribution in [0.15, 0.2) is 34.9 Å². The summed E-state index contributed by atoms with van der Waals surface area (Å²) >= 11 is 0. The molecule has 27 heavy (non-hydrogen) atoms. The number of benzene rings is 1. The normalized spacial score (nSPS) is 15.1. The Morgan fingerprint density at radius 3 is 2.78 bits per heavy atom. The Labute approximate surface area is 161 Å². The van der Waals surface area contributed by atoms with Crippen molar-refractivity contribution in [3.8, 4) is 0 Å². The molecule has 1 N–H and O–H groups in total. The highest BCUT2D eigenvalue weighted by molar-refractivity contribution is 5.76. The van der Waals surface area contributed by atoms with Crippen molar-refractivity contribution in [3.05, 3.63) is 47.3 Å². The van der Waals surface area contributed by atoms with Crippen molar-refractivity contribution in [1.29, 1.82) is 0 Å². The van der Waals surface area contributed by atoms with E-state index in [1.54, 1.807) is 0 Å². The van der Waals surface area contributed by atoms with Crippen LogP contribution in [-0.4, -0.2) is 48.7 Å². The van der Waals surface area contributed by atoms with Gasteiger partial charge in [0.25, 0.3) is 0 Å². The van der Waals surface area contributed by atoms with Crippen molar-refractivity contribution < 1.29 is 9.32 Å². The third-order valence-electron chi connectivity index (χ3n) is 4.97. The molecule has 1 saturated heterocycles. The van der Waals surface area contributed by atoms with E-state index in [2.05, 4.69) is 58.4 Å². The molecule has 2 aromatic rings. The van der Waals surface area contributed by atoms with Gasteiger partial charge >= 0.3 is 0 Å². The minimum atomic E-state index is 0.0598. The minimum Gasteiger partial charge on any atom is -0.369 e. The van der Waals surface area contributed by atoms with Crippen LogP contribution in [0.5, 0.6) is 0 Å². The number of carbonyl (C=O) groups is 1. The highest BCUT2D eigenvalue weighted by Crippen LogP contribution is 2.17. The van der Waals surface area contributed by atoms with E-state index >= 15 is 0 Å². The van der Waals surface area contributed by atoms with E-state index in [1.165, 1.54) is 11.3 Å². The summed E-state index contributed by atoms with van der Waals surface area (Å²) in [4.78, 5) is 16.9. The van der Waals surface area contributed by atoms with Crippen molar-refractivity contribution in [2.24, 2.45) is 0 Å². The molecule has 0 unspecified atom stereocenters. The molecule has 1 aliphatic rings. The number of rotatable bonds is 8. The molecule has 0 aliphatic carbocycles. The fourth-order valence-corrected chi connectivity index (χ4v) is 3.40. The molecule has 146 valence electrons. The number of hydrogen-bond acceptors (Lipinski definition) is 5. The molecular weight excluding hydrogens is 340 g/mol. The SMILES string of the molecule is CCCc1cc(CNC(=O)CCN2CCN(c3cccc(C)c3)CC2)on1. The lowest BCUT2D eigenvalue weighted by molar-refractivity contribution is -0.121. The lowest BCUT2D eigenvalue weighted by Gasteiger charge is -2.36. The van der Waals surface area contributed by atoms with Crippen LogP contribution in [0.3, 0.4) is 0 Å². The predicted octanol–water partition coefficient (Wildman–Crippen LogP) is 2.76. The van der Waals surface area contributed by atoms with Crippen molar-refractivity contribution >= 4 is 11.6 Å². The van der Waals surface area contributed by atoms with Gasteiger partial charge in [0, 0.05) is 50.9 Å². The number of nitrogens with zero attached hydrogens (tertiary/aromatic N) is 3. The zero-order valence-corrected chi connectivity index (χ0v) is 16.4. The highest BCUT2D eigenvalue weighted by atomic mass is 16.5. The van der Waals surface area contributed by atoms with Gasteiger partial charge in [-0.15, -0.1) is 0 Å². The van der Waals surface area contributed by atoms with Crippen molar-refractivity contribution in [2.75, 3.05) is 37.6 Å². The fraction of sp³-hybridized carbons (Fsp3) is 0.524. The summed E-state index contributed by atoms with van der Waals surface area (Å²) in [5, 5.41) is 6.93. The molecule has 1 fully saturated rings. The van der Waals surface area contributed by atoms with E-state index in [0.29, 0.717) is 13.0 Å². The molecule has 6 heteroatoms. The molecule has 0 spiro atoms. The summed E-state index contributed by atoms with van der Waals surface area (Å²) in [6.45, 7) is 9.43. The Kier molecular flexibility index (Phi) is 6.87. The van der Waals surface area contributed by atoms with Gasteiger partial charge < -0.3 is 14.7 Å². The molecule has 0 atom stereocenters. The average molecular weight is 370 g/mol. The van der Waals surface area contributed by atoms with Crippen LogP contribution in [0.4, 0.5) is 5.69 Å². The second kappa shape index (κ2) is 9.55. The smallest absolute Gasteiger partial charge is 0.221 e. The molecule has 1 aromatic heterocycles. The maximum Gasteiger partial charge on any atom is 0.221 e. The van der Waals surface area contributed by atoms with Crippen LogP contribution in [0.25, 0.3) is 0 Å². The molecule has 1 aromatic carbocycles. The van der Waals surface area contributed by atoms with E-state index in [9.17, 15) is 4.79 Å². The lowest BCUT2D eigenvalue weighted by atomic mass is 10.2. The molecule has 1 amide bonds. The van der Waals surface area contributed by atoms with Crippen molar-refractivity contribution in [2.45, 2.75) is 39.7 Å². The van der Waals surface area contributed by atoms with Crippen LogP contribution < -0.4 is 10.2 Å². The Balaban J connectivity index is 1.35. The minimum absolute atomic E-state index is 0.0598. The van der Waals surface area contributed by atoms with Gasteiger partial charge in [0.05, 0.1) is 12.2 Å². The zero-order chi connectivity index (χ0) is 19.1. The Hall–Kier alpha value is -2.34. The number of aryl methyl sites for hydroxylation is 2. The predicted molar refractivity (Wildman–Crippen MR) is 107 cm³/mol. The van der Waals surface area contributed by atoms with E-state index in [0.717, 1.165) is 57.0 Å². The molecule has 0 saturated carbocycles. The van der Waals surface area contributed by atoms with Crippen LogP contribution in [-0.2, 0) is 17.8 Å². The molecule has 0 radical (unpaired) electrons. The van der Waals surface area contributed by atoms with Gasteiger partial charge in [-0.05, 0) is 31.0 Å². The Morgan fingerprint density at radius 2 is 2.04 bits per heavy atom. The van der Waals surface area contributed by atoms with E-state index < -0.39 is 0 Å². The number of anilines is 1. The maximum absolute atomic E-state index is 12.1. The number of aromatic nitrogens is 1. The quantitative estimate of drug-likeness (QED) is 0.774. The summed E-state index contributed by atoms with van der Waals surface area (Å²) in [5.74, 6) is 0.781. The van der Waals surface area contributed by atoms with Gasteiger partial charge in [-0.3, -0.25) is 9.69 Å². The van der Waals surface area contributed by atoms with Gasteiger partial charge in [0.1, 0.15) is 0 Å². The second-order valence-corrected chi connectivity index (χ2v) is 7.23. The summed E-state index contributed by atoms with van der Waals surface area (Å²) in [6.07, 6.45) is 2.46. The molecule has 1 aliphatic heterocycles. The standard InChI is InChI=1S/C21H30N4O2/c1-3-5-18-15-20(27-23-18)16-22-21(26)8-9-24-10-12-25(13-11-24)19-7-4-6-17(2)14-19/h4,6-7,14-15H,3,5,8-13,16H2,1-2H3,(H,22,26). The maximum atomic E-state index is 12.1. The molecule has 2 heterocycles. The molecule has 3 rings (SSSR count). The summed E-state index contributed by atoms with van der Waals surface area (Å²) in [6, 6.07) is 10.6. The third-order valence-corrected chi connectivity index (χ3v) is 4.97. The van der Waals surface area contributed by atoms with Gasteiger partial charge in [-0.25, -0.2) is 0 Å². The van der Waals surface area contributed by atoms with Crippen LogP contribution in [0, 0.1) is 6.92 Å². The van der Waals surface area contributed by atoms with Crippen LogP contribution in [0.1, 0.15) is 36.8 Å². The van der Waals surface area contributed by atoms with Gasteiger partial charge in [0.2, 0.25) is 5.91 Å². The molecular formula is C21H30N4O2. The van der Waals surface area contributed by atoms with Gasteiger partial charge in [-0.2, -0.15) is 0 Å². The Morgan fingerprint density at radius 1 is 1.22 bits per heavy atom. The zero-order valence-electron chi connectivity index (χ0n) is 16.4. The van der Waals surface area contributed by atoms with Crippen molar-refractivity contribution in [3.63, 3.8) is 0 Å². The topological polar surface area (TPSA) is 61.6 Å². The number of nitrogens with one attached hydrogen (secondary N) is 1. The summed E-state index contributed by atoms with van der Waals surface area (Å²) < 4.78 is 5.24. The number of hydrogen-bond donors (Lipinski definition) is 1. The van der Waals surface area contributed by atoms with Crippen LogP contribution >= 0.6 is 0 Å². The van der Waals surface area contributed by atoms with Gasteiger partial charge in [-0.1, -0.05) is 30.6 Å². The number of piperazine rings is 1. The highest BCUT2D eigenvalue weighted by Gasteiger charge is 2.18. The molecule has 6 nitrogen and oxygen atoms in total. The van der Waals surface area contributed by atoms with Crippen molar-refractivity contribution in [1.82, 2.24) is 15.4 Å². The summed E-state index contributed by atoms with van der Waals surface area (Å²) in [5.41, 5.74) is 3.54. The first-order chi connectivity index (χ1) is 13.1.